The van der Waals surface area contributed by atoms with Crippen LogP contribution in [0.3, 0.4) is 0 Å². The molecule has 0 radical (unpaired) electrons. The van der Waals surface area contributed by atoms with Gasteiger partial charge in [0.15, 0.2) is 0 Å². The summed E-state index contributed by atoms with van der Waals surface area (Å²) in [4.78, 5) is 3.90. The minimum atomic E-state index is 0.367. The molecular formula is C14H19NOS. The van der Waals surface area contributed by atoms with Crippen LogP contribution in [0.5, 0.6) is 0 Å². The molecule has 0 atom stereocenters. The van der Waals surface area contributed by atoms with Gasteiger partial charge in [0.2, 0.25) is 0 Å². The third-order valence-corrected chi connectivity index (χ3v) is 4.73. The molecule has 17 heavy (non-hydrogen) atoms. The molecule has 0 saturated carbocycles. The number of hydrogen-bond donors (Lipinski definition) is 0. The molecule has 0 N–H and O–H groups in total. The van der Waals surface area contributed by atoms with Gasteiger partial charge in [-0.05, 0) is 24.1 Å². The zero-order valence-corrected chi connectivity index (χ0v) is 11.3. The van der Waals surface area contributed by atoms with E-state index in [9.17, 15) is 0 Å². The Morgan fingerprint density at radius 3 is 2.76 bits per heavy atom. The summed E-state index contributed by atoms with van der Waals surface area (Å²) in [5, 5.41) is 0. The summed E-state index contributed by atoms with van der Waals surface area (Å²) < 4.78 is 5.77. The van der Waals surface area contributed by atoms with Gasteiger partial charge in [0.25, 0.3) is 0 Å². The van der Waals surface area contributed by atoms with E-state index in [4.69, 9.17) is 4.74 Å². The molecule has 3 rings (SSSR count). The fourth-order valence-corrected chi connectivity index (χ4v) is 3.87. The lowest BCUT2D eigenvalue weighted by Crippen LogP contribution is -2.36. The van der Waals surface area contributed by atoms with E-state index in [0.717, 1.165) is 26.3 Å². The van der Waals surface area contributed by atoms with Gasteiger partial charge in [-0.15, -0.1) is 11.8 Å². The van der Waals surface area contributed by atoms with Gasteiger partial charge in [0.1, 0.15) is 0 Å². The number of benzene rings is 1. The third kappa shape index (κ3) is 2.31. The van der Waals surface area contributed by atoms with Crippen LogP contribution in [0.25, 0.3) is 0 Å². The summed E-state index contributed by atoms with van der Waals surface area (Å²) in [6.07, 6.45) is 1.19. The maximum Gasteiger partial charge on any atom is 0.0642 e. The summed E-state index contributed by atoms with van der Waals surface area (Å²) in [5.41, 5.74) is 2.87. The van der Waals surface area contributed by atoms with Gasteiger partial charge < -0.3 is 9.64 Å². The molecule has 2 nitrogen and oxygen atoms in total. The SMILES string of the molecule is CC1(C)Cc2ccc(N3CCOCC3)cc2S1. The van der Waals surface area contributed by atoms with Crippen molar-refractivity contribution in [3.8, 4) is 0 Å². The highest BCUT2D eigenvalue weighted by Gasteiger charge is 2.29. The molecule has 0 bridgehead atoms. The molecule has 1 aromatic carbocycles. The van der Waals surface area contributed by atoms with Crippen molar-refractivity contribution in [1.29, 1.82) is 0 Å². The van der Waals surface area contributed by atoms with Crippen molar-refractivity contribution in [2.24, 2.45) is 0 Å². The quantitative estimate of drug-likeness (QED) is 0.759. The molecule has 2 aliphatic heterocycles. The first-order valence-electron chi connectivity index (χ1n) is 6.29. The Labute approximate surface area is 107 Å². The molecular weight excluding hydrogens is 230 g/mol. The summed E-state index contributed by atoms with van der Waals surface area (Å²) in [6.45, 7) is 8.41. The van der Waals surface area contributed by atoms with Crippen LogP contribution in [-0.2, 0) is 11.2 Å². The van der Waals surface area contributed by atoms with E-state index in [0.29, 0.717) is 4.75 Å². The molecule has 3 heteroatoms. The highest BCUT2D eigenvalue weighted by molar-refractivity contribution is 8.01. The monoisotopic (exact) mass is 249 g/mol. The van der Waals surface area contributed by atoms with Crippen LogP contribution in [0.4, 0.5) is 5.69 Å². The van der Waals surface area contributed by atoms with Gasteiger partial charge in [-0.1, -0.05) is 19.9 Å². The van der Waals surface area contributed by atoms with Gasteiger partial charge >= 0.3 is 0 Å². The van der Waals surface area contributed by atoms with Crippen molar-refractivity contribution < 1.29 is 4.74 Å². The number of morpholine rings is 1. The predicted octanol–water partition coefficient (Wildman–Crippen LogP) is 2.95. The maximum absolute atomic E-state index is 5.40. The first kappa shape index (κ1) is 11.4. The molecule has 0 spiro atoms. The number of anilines is 1. The summed E-state index contributed by atoms with van der Waals surface area (Å²) in [6, 6.07) is 6.94. The number of thioether (sulfide) groups is 1. The first-order chi connectivity index (χ1) is 8.14. The van der Waals surface area contributed by atoms with Gasteiger partial charge in [-0.2, -0.15) is 0 Å². The van der Waals surface area contributed by atoms with E-state index in [1.807, 2.05) is 11.8 Å². The lowest BCUT2D eigenvalue weighted by molar-refractivity contribution is 0.122. The van der Waals surface area contributed by atoms with E-state index in [-0.39, 0.29) is 0 Å². The smallest absolute Gasteiger partial charge is 0.0642 e. The van der Waals surface area contributed by atoms with Crippen LogP contribution in [0.1, 0.15) is 19.4 Å². The maximum atomic E-state index is 5.40. The van der Waals surface area contributed by atoms with Crippen molar-refractivity contribution in [2.45, 2.75) is 29.9 Å². The number of rotatable bonds is 1. The molecule has 1 aromatic rings. The van der Waals surface area contributed by atoms with Gasteiger partial charge in [-0.25, -0.2) is 0 Å². The predicted molar refractivity (Wildman–Crippen MR) is 73.1 cm³/mol. The summed E-state index contributed by atoms with van der Waals surface area (Å²) in [5.74, 6) is 0. The van der Waals surface area contributed by atoms with Gasteiger partial charge in [0, 0.05) is 28.4 Å². The number of fused-ring (bicyclic) bond motifs is 1. The zero-order valence-electron chi connectivity index (χ0n) is 10.5. The molecule has 2 heterocycles. The topological polar surface area (TPSA) is 12.5 Å². The van der Waals surface area contributed by atoms with Crippen LogP contribution >= 0.6 is 11.8 Å². The zero-order chi connectivity index (χ0) is 11.9. The molecule has 2 aliphatic rings. The van der Waals surface area contributed by atoms with Crippen LogP contribution < -0.4 is 4.90 Å². The van der Waals surface area contributed by atoms with Gasteiger partial charge in [-0.3, -0.25) is 0 Å². The molecule has 0 unspecified atom stereocenters. The second kappa shape index (κ2) is 4.21. The molecule has 0 aromatic heterocycles. The average molecular weight is 249 g/mol. The Kier molecular flexibility index (Phi) is 2.83. The summed E-state index contributed by atoms with van der Waals surface area (Å²) in [7, 11) is 0. The van der Waals surface area contributed by atoms with Crippen molar-refractivity contribution in [3.05, 3.63) is 23.8 Å². The molecule has 0 aliphatic carbocycles. The Bertz CT molecular complexity index is 424. The van der Waals surface area contributed by atoms with Crippen molar-refractivity contribution in [1.82, 2.24) is 0 Å². The van der Waals surface area contributed by atoms with Gasteiger partial charge in [0.05, 0.1) is 13.2 Å². The Balaban J connectivity index is 1.85. The van der Waals surface area contributed by atoms with E-state index in [2.05, 4.69) is 36.9 Å². The second-order valence-corrected chi connectivity index (χ2v) is 7.18. The van der Waals surface area contributed by atoms with E-state index < -0.39 is 0 Å². The van der Waals surface area contributed by atoms with Crippen LogP contribution in [0, 0.1) is 0 Å². The largest absolute Gasteiger partial charge is 0.378 e. The van der Waals surface area contributed by atoms with Crippen LogP contribution in [0.2, 0.25) is 0 Å². The number of nitrogens with zero attached hydrogens (tertiary/aromatic N) is 1. The lowest BCUT2D eigenvalue weighted by atomic mass is 10.0. The fraction of sp³-hybridized carbons (Fsp3) is 0.571. The van der Waals surface area contributed by atoms with E-state index >= 15 is 0 Å². The fourth-order valence-electron chi connectivity index (χ4n) is 2.59. The van der Waals surface area contributed by atoms with Crippen molar-refractivity contribution in [2.75, 3.05) is 31.2 Å². The van der Waals surface area contributed by atoms with Crippen LogP contribution in [-0.4, -0.2) is 31.1 Å². The number of hydrogen-bond acceptors (Lipinski definition) is 3. The standard InChI is InChI=1S/C14H19NOS/c1-14(2)10-11-3-4-12(9-13(11)17-14)15-5-7-16-8-6-15/h3-4,9H,5-8,10H2,1-2H3. The molecule has 92 valence electrons. The summed E-state index contributed by atoms with van der Waals surface area (Å²) >= 11 is 2.01. The second-order valence-electron chi connectivity index (χ2n) is 5.43. The number of ether oxygens (including phenoxy) is 1. The van der Waals surface area contributed by atoms with Crippen molar-refractivity contribution >= 4 is 17.4 Å². The Morgan fingerprint density at radius 1 is 1.24 bits per heavy atom. The van der Waals surface area contributed by atoms with Crippen LogP contribution in [0.15, 0.2) is 23.1 Å². The Morgan fingerprint density at radius 2 is 2.00 bits per heavy atom. The molecule has 1 saturated heterocycles. The minimum Gasteiger partial charge on any atom is -0.378 e. The average Bonchev–Trinajstić information content (AvgIpc) is 2.63. The minimum absolute atomic E-state index is 0.367. The highest BCUT2D eigenvalue weighted by atomic mass is 32.2. The molecule has 1 fully saturated rings. The van der Waals surface area contributed by atoms with Crippen molar-refractivity contribution in [3.63, 3.8) is 0 Å². The normalized spacial score (nSPS) is 22.6. The third-order valence-electron chi connectivity index (χ3n) is 3.43. The molecule has 0 amide bonds. The first-order valence-corrected chi connectivity index (χ1v) is 7.10. The Hall–Kier alpha value is -0.670. The van der Waals surface area contributed by atoms with E-state index in [1.165, 1.54) is 22.6 Å². The van der Waals surface area contributed by atoms with E-state index in [1.54, 1.807) is 0 Å². The lowest BCUT2D eigenvalue weighted by Gasteiger charge is -2.29. The highest BCUT2D eigenvalue weighted by Crippen LogP contribution is 2.45.